The number of rotatable bonds is 2. The summed E-state index contributed by atoms with van der Waals surface area (Å²) in [7, 11) is 1.56. The Morgan fingerprint density at radius 3 is 2.68 bits per heavy atom. The maximum Gasteiger partial charge on any atom is 0.408 e. The SMILES string of the molecule is COc1ccc2c(n1)CC1CC(C)=CC2(NC(=O)OC(C)(C)C)C1=O. The van der Waals surface area contributed by atoms with Gasteiger partial charge in [0.2, 0.25) is 5.88 Å². The Kier molecular flexibility index (Phi) is 4.09. The normalized spacial score (nSPS) is 24.9. The second-order valence-electron chi connectivity index (χ2n) is 7.74. The molecule has 6 nitrogen and oxygen atoms in total. The highest BCUT2D eigenvalue weighted by Crippen LogP contribution is 2.43. The van der Waals surface area contributed by atoms with Crippen LogP contribution in [0.15, 0.2) is 23.8 Å². The zero-order chi connectivity index (χ0) is 18.4. The molecule has 0 saturated heterocycles. The number of hydrogen-bond donors (Lipinski definition) is 1. The van der Waals surface area contributed by atoms with E-state index >= 15 is 0 Å². The third kappa shape index (κ3) is 3.13. The van der Waals surface area contributed by atoms with E-state index in [1.165, 1.54) is 0 Å². The molecule has 1 aromatic heterocycles. The van der Waals surface area contributed by atoms with Gasteiger partial charge in [0.1, 0.15) is 11.1 Å². The molecule has 0 spiro atoms. The number of allylic oxidation sites excluding steroid dienone is 1. The summed E-state index contributed by atoms with van der Waals surface area (Å²) < 4.78 is 10.6. The molecule has 1 aromatic rings. The molecule has 0 radical (unpaired) electrons. The minimum Gasteiger partial charge on any atom is -0.481 e. The van der Waals surface area contributed by atoms with E-state index in [1.807, 2.05) is 19.1 Å². The Morgan fingerprint density at radius 2 is 2.04 bits per heavy atom. The van der Waals surface area contributed by atoms with Crippen molar-refractivity contribution in [2.45, 2.75) is 51.7 Å². The number of nitrogens with zero attached hydrogens (tertiary/aromatic N) is 1. The molecule has 1 heterocycles. The first-order valence-electron chi connectivity index (χ1n) is 8.43. The number of amides is 1. The highest BCUT2D eigenvalue weighted by molar-refractivity contribution is 5.99. The van der Waals surface area contributed by atoms with Gasteiger partial charge in [0, 0.05) is 24.0 Å². The quantitative estimate of drug-likeness (QED) is 0.835. The van der Waals surface area contributed by atoms with E-state index in [-0.39, 0.29) is 11.7 Å². The summed E-state index contributed by atoms with van der Waals surface area (Å²) in [6.45, 7) is 7.35. The van der Waals surface area contributed by atoms with Crippen molar-refractivity contribution in [2.75, 3.05) is 7.11 Å². The van der Waals surface area contributed by atoms with E-state index in [0.717, 1.165) is 11.3 Å². The fourth-order valence-corrected chi connectivity index (χ4v) is 3.65. The summed E-state index contributed by atoms with van der Waals surface area (Å²) in [5.41, 5.74) is 0.680. The third-order valence-corrected chi connectivity index (χ3v) is 4.51. The molecule has 3 rings (SSSR count). The number of alkyl carbamates (subject to hydrolysis) is 1. The van der Waals surface area contributed by atoms with Gasteiger partial charge < -0.3 is 14.8 Å². The summed E-state index contributed by atoms with van der Waals surface area (Å²) in [6.07, 6.45) is 2.44. The molecule has 6 heteroatoms. The summed E-state index contributed by atoms with van der Waals surface area (Å²) in [5, 5.41) is 2.83. The van der Waals surface area contributed by atoms with E-state index in [4.69, 9.17) is 9.47 Å². The van der Waals surface area contributed by atoms with Crippen molar-refractivity contribution in [3.63, 3.8) is 0 Å². The van der Waals surface area contributed by atoms with Crippen molar-refractivity contribution in [1.82, 2.24) is 10.3 Å². The Morgan fingerprint density at radius 1 is 1.32 bits per heavy atom. The molecular weight excluding hydrogens is 320 g/mol. The number of ketones is 1. The van der Waals surface area contributed by atoms with Gasteiger partial charge in [-0.3, -0.25) is 4.79 Å². The van der Waals surface area contributed by atoms with Crippen molar-refractivity contribution in [2.24, 2.45) is 5.92 Å². The van der Waals surface area contributed by atoms with Gasteiger partial charge in [0.15, 0.2) is 5.78 Å². The van der Waals surface area contributed by atoms with Crippen LogP contribution in [0.4, 0.5) is 4.79 Å². The molecule has 0 saturated carbocycles. The Hall–Kier alpha value is -2.37. The van der Waals surface area contributed by atoms with Crippen LogP contribution in [0.5, 0.6) is 5.88 Å². The van der Waals surface area contributed by atoms with Crippen LogP contribution in [-0.2, 0) is 21.5 Å². The minimum atomic E-state index is -1.22. The number of nitrogens with one attached hydrogen (secondary N) is 1. The van der Waals surface area contributed by atoms with E-state index in [1.54, 1.807) is 33.9 Å². The van der Waals surface area contributed by atoms with Crippen LogP contribution in [0.25, 0.3) is 0 Å². The van der Waals surface area contributed by atoms with Crippen LogP contribution in [0.3, 0.4) is 0 Å². The smallest absolute Gasteiger partial charge is 0.408 e. The van der Waals surface area contributed by atoms with Crippen LogP contribution in [-0.4, -0.2) is 29.6 Å². The number of ether oxygens (including phenoxy) is 2. The van der Waals surface area contributed by atoms with Gasteiger partial charge in [0.25, 0.3) is 0 Å². The second kappa shape index (κ2) is 5.86. The number of pyridine rings is 1. The number of methoxy groups -OCH3 is 1. The van der Waals surface area contributed by atoms with Crippen LogP contribution in [0, 0.1) is 5.92 Å². The van der Waals surface area contributed by atoms with E-state index in [9.17, 15) is 9.59 Å². The number of carbonyl (C=O) groups is 2. The summed E-state index contributed by atoms with van der Waals surface area (Å²) in [5.74, 6) is 0.287. The summed E-state index contributed by atoms with van der Waals surface area (Å²) in [4.78, 5) is 30.1. The Labute approximate surface area is 147 Å². The van der Waals surface area contributed by atoms with Crippen LogP contribution in [0.2, 0.25) is 0 Å². The molecule has 134 valence electrons. The van der Waals surface area contributed by atoms with Crippen LogP contribution >= 0.6 is 0 Å². The van der Waals surface area contributed by atoms with Gasteiger partial charge in [0.05, 0.1) is 12.8 Å². The second-order valence-corrected chi connectivity index (χ2v) is 7.74. The van der Waals surface area contributed by atoms with Crippen molar-refractivity contribution in [3.8, 4) is 5.88 Å². The minimum absolute atomic E-state index is 0.0107. The molecule has 0 aromatic carbocycles. The maximum absolute atomic E-state index is 13.1. The molecular formula is C19H24N2O4. The molecule has 2 unspecified atom stereocenters. The number of hydrogen-bond acceptors (Lipinski definition) is 5. The topological polar surface area (TPSA) is 77.5 Å². The monoisotopic (exact) mass is 344 g/mol. The van der Waals surface area contributed by atoms with E-state index in [0.29, 0.717) is 24.3 Å². The summed E-state index contributed by atoms with van der Waals surface area (Å²) >= 11 is 0. The maximum atomic E-state index is 13.1. The molecule has 2 aliphatic rings. The molecule has 0 fully saturated rings. The molecule has 0 aliphatic heterocycles. The van der Waals surface area contributed by atoms with Gasteiger partial charge in [-0.1, -0.05) is 5.57 Å². The number of carbonyl (C=O) groups excluding carboxylic acids is 2. The van der Waals surface area contributed by atoms with Gasteiger partial charge in [-0.25, -0.2) is 9.78 Å². The first-order valence-corrected chi connectivity index (χ1v) is 8.43. The largest absolute Gasteiger partial charge is 0.481 e. The number of fused-ring (bicyclic) bond motifs is 4. The predicted molar refractivity (Wildman–Crippen MR) is 92.4 cm³/mol. The summed E-state index contributed by atoms with van der Waals surface area (Å²) in [6, 6.07) is 3.52. The van der Waals surface area contributed by atoms with Crippen molar-refractivity contribution in [1.29, 1.82) is 0 Å². The fourth-order valence-electron chi connectivity index (χ4n) is 3.65. The Balaban J connectivity index is 2.08. The highest BCUT2D eigenvalue weighted by Gasteiger charge is 2.51. The standard InChI is InChI=1S/C19H24N2O4/c1-11-8-12-9-14-13(6-7-15(20-14)24-5)19(10-11,16(12)22)21-17(23)25-18(2,3)4/h6-7,10,12H,8-9H2,1-5H3,(H,21,23). The first-order chi connectivity index (χ1) is 11.6. The van der Waals surface area contributed by atoms with Gasteiger partial charge in [-0.2, -0.15) is 0 Å². The molecule has 2 aliphatic carbocycles. The van der Waals surface area contributed by atoms with Crippen LogP contribution in [0.1, 0.15) is 45.4 Å². The molecule has 2 atom stereocenters. The van der Waals surface area contributed by atoms with Gasteiger partial charge >= 0.3 is 6.09 Å². The lowest BCUT2D eigenvalue weighted by Gasteiger charge is -2.42. The van der Waals surface area contributed by atoms with E-state index < -0.39 is 17.2 Å². The highest BCUT2D eigenvalue weighted by atomic mass is 16.6. The van der Waals surface area contributed by atoms with Crippen molar-refractivity contribution < 1.29 is 19.1 Å². The molecule has 1 amide bonds. The zero-order valence-corrected chi connectivity index (χ0v) is 15.3. The van der Waals surface area contributed by atoms with E-state index in [2.05, 4.69) is 10.3 Å². The van der Waals surface area contributed by atoms with Crippen molar-refractivity contribution in [3.05, 3.63) is 35.0 Å². The van der Waals surface area contributed by atoms with Gasteiger partial charge in [-0.15, -0.1) is 0 Å². The molecule has 2 bridgehead atoms. The average molecular weight is 344 g/mol. The lowest BCUT2D eigenvalue weighted by molar-refractivity contribution is -0.129. The number of aromatic nitrogens is 1. The molecule has 25 heavy (non-hydrogen) atoms. The van der Waals surface area contributed by atoms with Gasteiger partial charge in [-0.05, 0) is 46.3 Å². The van der Waals surface area contributed by atoms with Crippen LogP contribution < -0.4 is 10.1 Å². The first kappa shape index (κ1) is 17.5. The Bertz CT molecular complexity index is 763. The predicted octanol–water partition coefficient (Wildman–Crippen LogP) is 2.90. The van der Waals surface area contributed by atoms with Crippen molar-refractivity contribution >= 4 is 11.9 Å². The molecule has 1 N–H and O–H groups in total. The zero-order valence-electron chi connectivity index (χ0n) is 15.3. The lowest BCUT2D eigenvalue weighted by Crippen LogP contribution is -2.58. The lowest BCUT2D eigenvalue weighted by atomic mass is 9.66. The third-order valence-electron chi connectivity index (χ3n) is 4.51. The fraction of sp³-hybridized carbons (Fsp3) is 0.526. The number of Topliss-reactive ketones (excluding diaryl/α,β-unsaturated/α-hetero) is 1. The average Bonchev–Trinajstić information content (AvgIpc) is 2.48.